The zero-order valence-corrected chi connectivity index (χ0v) is 9.42. The molecule has 0 saturated carbocycles. The predicted octanol–water partition coefficient (Wildman–Crippen LogP) is -3.74. The summed E-state index contributed by atoms with van der Waals surface area (Å²) in [5, 5.41) is 32.5. The molecule has 6 N–H and O–H groups in total. The average molecular weight is 319 g/mol. The summed E-state index contributed by atoms with van der Waals surface area (Å²) in [4.78, 5) is 19.5. The maximum atomic E-state index is 9.77. The van der Waals surface area contributed by atoms with E-state index in [9.17, 15) is 9.59 Å². The topological polar surface area (TPSA) is 173 Å². The Kier molecular flexibility index (Phi) is 8.77. The maximum absolute atomic E-state index is 9.77. The van der Waals surface area contributed by atoms with Gasteiger partial charge in [0.1, 0.15) is 0 Å². The zero-order valence-electron chi connectivity index (χ0n) is 6.56. The monoisotopic (exact) mass is 320 g/mol. The van der Waals surface area contributed by atoms with E-state index >= 15 is 0 Å². The summed E-state index contributed by atoms with van der Waals surface area (Å²) >= 11 is -3.79. The summed E-state index contributed by atoms with van der Waals surface area (Å²) in [5.41, 5.74) is 0. The summed E-state index contributed by atoms with van der Waals surface area (Å²) in [5.74, 6) is -3.54. The Morgan fingerprint density at radius 1 is 0.929 bits per heavy atom. The Bertz CT molecular complexity index is 203. The summed E-state index contributed by atoms with van der Waals surface area (Å²) in [6, 6.07) is 0. The quantitative estimate of drug-likeness (QED) is 0.286. The molecule has 0 amide bonds. The Labute approximate surface area is 85.1 Å². The third-order valence-electron chi connectivity index (χ3n) is 0.805. The second kappa shape index (κ2) is 7.75. The molecular weight excluding hydrogens is 311 g/mol. The van der Waals surface area contributed by atoms with Gasteiger partial charge < -0.3 is 20.4 Å². The van der Waals surface area contributed by atoms with Crippen LogP contribution in [-0.4, -0.2) is 72.0 Å². The fourth-order valence-corrected chi connectivity index (χ4v) is 0.270. The van der Waals surface area contributed by atoms with Crippen molar-refractivity contribution >= 4 is 32.5 Å². The number of hydrogen-bond donors (Lipinski definition) is 6. The first kappa shape index (κ1) is 15.8. The Morgan fingerprint density at radius 3 is 1.14 bits per heavy atom. The Morgan fingerprint density at radius 2 is 1.07 bits per heavy atom. The van der Waals surface area contributed by atoms with Gasteiger partial charge in [-0.3, -0.25) is 0 Å². The van der Waals surface area contributed by atoms with Crippen molar-refractivity contribution in [1.29, 1.82) is 0 Å². The van der Waals surface area contributed by atoms with Crippen molar-refractivity contribution in [3.8, 4) is 0 Å². The van der Waals surface area contributed by atoms with Crippen LogP contribution in [0.25, 0.3) is 0 Å². The van der Waals surface area contributed by atoms with E-state index in [4.69, 9.17) is 30.4 Å². The number of hydrogen-bond acceptors (Lipinski definition) is 5. The van der Waals surface area contributed by atoms with Crippen molar-refractivity contribution in [2.75, 3.05) is 0 Å². The van der Waals surface area contributed by atoms with Crippen LogP contribution in [0.3, 0.4) is 0 Å². The molecule has 10 heteroatoms. The molecular formula is C4H8O9Sn. The molecule has 0 aromatic heterocycles. The minimum absolute atomic E-state index is 1.77. The number of carbonyl (C=O) groups is 2. The molecule has 9 nitrogen and oxygen atoms in total. The molecule has 0 heterocycles. The molecule has 0 aliphatic rings. The molecule has 0 aromatic carbocycles. The first-order valence-corrected chi connectivity index (χ1v) is 6.65. The molecule has 82 valence electrons. The number of aliphatic hydroxyl groups is 2. The van der Waals surface area contributed by atoms with E-state index in [2.05, 4.69) is 0 Å². The number of rotatable bonds is 3. The van der Waals surface area contributed by atoms with E-state index in [0.717, 1.165) is 0 Å². The summed E-state index contributed by atoms with van der Waals surface area (Å²) in [6.45, 7) is 0. The van der Waals surface area contributed by atoms with Crippen LogP contribution in [0.1, 0.15) is 0 Å². The molecule has 0 bridgehead atoms. The van der Waals surface area contributed by atoms with Crippen LogP contribution in [0.4, 0.5) is 0 Å². The van der Waals surface area contributed by atoms with Crippen LogP contribution in [0.2, 0.25) is 0 Å². The van der Waals surface area contributed by atoms with Gasteiger partial charge in [-0.15, -0.1) is 0 Å². The van der Waals surface area contributed by atoms with Gasteiger partial charge >= 0.3 is 42.5 Å². The summed E-state index contributed by atoms with van der Waals surface area (Å²) in [6.07, 6.45) is -4.53. The first-order chi connectivity index (χ1) is 6.20. The second-order valence-electron chi connectivity index (χ2n) is 1.85. The molecule has 2 unspecified atom stereocenters. The molecule has 0 aliphatic carbocycles. The minimum atomic E-state index is -3.79. The van der Waals surface area contributed by atoms with Gasteiger partial charge in [0.15, 0.2) is 12.2 Å². The van der Waals surface area contributed by atoms with Crippen LogP contribution in [0.5, 0.6) is 0 Å². The number of aliphatic hydroxyl groups excluding tert-OH is 2. The van der Waals surface area contributed by atoms with E-state index in [1.54, 1.807) is 0 Å². The van der Waals surface area contributed by atoms with E-state index in [-0.39, 0.29) is 0 Å². The Hall–Kier alpha value is -0.621. The Balaban J connectivity index is 0. The van der Waals surface area contributed by atoms with Gasteiger partial charge in [-0.2, -0.15) is 0 Å². The van der Waals surface area contributed by atoms with Gasteiger partial charge in [0.05, 0.1) is 0 Å². The molecule has 14 heavy (non-hydrogen) atoms. The first-order valence-electron chi connectivity index (χ1n) is 2.93. The molecule has 0 radical (unpaired) electrons. The second-order valence-corrected chi connectivity index (χ2v) is 3.46. The third-order valence-corrected chi connectivity index (χ3v) is 0.805. The van der Waals surface area contributed by atoms with Gasteiger partial charge in [-0.05, 0) is 0 Å². The van der Waals surface area contributed by atoms with Gasteiger partial charge in [0, 0.05) is 0 Å². The molecule has 2 atom stereocenters. The van der Waals surface area contributed by atoms with E-state index in [0.29, 0.717) is 0 Å². The van der Waals surface area contributed by atoms with Gasteiger partial charge in [0.2, 0.25) is 0 Å². The summed E-state index contributed by atoms with van der Waals surface area (Å²) < 4.78 is 23.3. The fraction of sp³-hybridized carbons (Fsp3) is 0.500. The molecule has 0 spiro atoms. The average Bonchev–Trinajstić information content (AvgIpc) is 2.00. The van der Waals surface area contributed by atoms with Crippen molar-refractivity contribution in [2.24, 2.45) is 0 Å². The van der Waals surface area contributed by atoms with Crippen LogP contribution < -0.4 is 0 Å². The van der Waals surface area contributed by atoms with Crippen LogP contribution in [-0.2, 0) is 12.7 Å². The molecule has 0 fully saturated rings. The molecule has 0 saturated heterocycles. The van der Waals surface area contributed by atoms with E-state index in [1.807, 2.05) is 0 Å². The predicted molar refractivity (Wildman–Crippen MR) is 38.2 cm³/mol. The standard InChI is InChI=1S/C4H6O6.2H2O.O.Sn/c5-1(3(7)8)2(6)4(9)10;;;;/h1-2,5-6H,(H,7,8)(H,9,10);2*1H2;;/q;;;;+2/p-2. The van der Waals surface area contributed by atoms with E-state index in [1.165, 1.54) is 0 Å². The molecule has 0 aromatic rings. The molecule has 0 rings (SSSR count). The van der Waals surface area contributed by atoms with Crippen molar-refractivity contribution in [2.45, 2.75) is 12.2 Å². The van der Waals surface area contributed by atoms with E-state index < -0.39 is 44.7 Å². The molecule has 0 aliphatic heterocycles. The van der Waals surface area contributed by atoms with Crippen LogP contribution >= 0.6 is 0 Å². The third kappa shape index (κ3) is 9.47. The number of carboxylic acid groups (broad SMARTS) is 2. The van der Waals surface area contributed by atoms with Crippen molar-refractivity contribution in [3.05, 3.63) is 0 Å². The van der Waals surface area contributed by atoms with Crippen LogP contribution in [0.15, 0.2) is 0 Å². The van der Waals surface area contributed by atoms with Gasteiger partial charge in [0.25, 0.3) is 0 Å². The summed E-state index contributed by atoms with van der Waals surface area (Å²) in [7, 11) is 0. The zero-order chi connectivity index (χ0) is 11.9. The van der Waals surface area contributed by atoms with Crippen molar-refractivity contribution in [3.63, 3.8) is 0 Å². The number of carboxylic acids is 2. The fourth-order valence-electron chi connectivity index (χ4n) is 0.270. The normalized spacial score (nSPS) is 13.1. The number of aliphatic carboxylic acids is 2. The van der Waals surface area contributed by atoms with Gasteiger partial charge in [-0.1, -0.05) is 0 Å². The van der Waals surface area contributed by atoms with Crippen molar-refractivity contribution in [1.82, 2.24) is 0 Å². The SMILES string of the molecule is O=C(O)C(O)C(O)C(=O)O.[O]=[Sn]([OH])[OH]. The van der Waals surface area contributed by atoms with Crippen molar-refractivity contribution < 1.29 is 40.0 Å². The van der Waals surface area contributed by atoms with Crippen LogP contribution in [0, 0.1) is 0 Å². The van der Waals surface area contributed by atoms with Gasteiger partial charge in [-0.25, -0.2) is 9.59 Å².